The molecule has 1 aromatic carbocycles. The Morgan fingerprint density at radius 3 is 2.90 bits per heavy atom. The molecule has 1 atom stereocenters. The van der Waals surface area contributed by atoms with Crippen molar-refractivity contribution in [3.05, 3.63) is 52.3 Å². The number of aromatic amines is 1. The van der Waals surface area contributed by atoms with Crippen LogP contribution in [0.4, 0.5) is 0 Å². The molecule has 4 heteroatoms. The van der Waals surface area contributed by atoms with Gasteiger partial charge in [-0.3, -0.25) is 9.89 Å². The van der Waals surface area contributed by atoms with Crippen molar-refractivity contribution >= 4 is 5.91 Å². The van der Waals surface area contributed by atoms with Gasteiger partial charge in [-0.15, -0.1) is 0 Å². The molecule has 1 heterocycles. The molecule has 1 aliphatic rings. The minimum atomic E-state index is -0.0320. The standard InChI is InChI=1S/C16H19N3O/c1-10-15(11(2)19-18-10)16(20)17-14-9-5-7-12-6-3-4-8-13(12)14/h3-4,6,8,14H,5,7,9H2,1-2H3,(H,17,20)(H,18,19)/t14-/m1/s1. The quantitative estimate of drug-likeness (QED) is 0.880. The summed E-state index contributed by atoms with van der Waals surface area (Å²) in [6, 6.07) is 8.49. The summed E-state index contributed by atoms with van der Waals surface area (Å²) in [4.78, 5) is 12.5. The van der Waals surface area contributed by atoms with Crippen LogP contribution in [0.15, 0.2) is 24.3 Å². The van der Waals surface area contributed by atoms with Crippen LogP contribution in [-0.2, 0) is 6.42 Å². The first kappa shape index (κ1) is 12.9. The lowest BCUT2D eigenvalue weighted by atomic mass is 9.87. The van der Waals surface area contributed by atoms with E-state index >= 15 is 0 Å². The van der Waals surface area contributed by atoms with Gasteiger partial charge in [0.2, 0.25) is 0 Å². The molecule has 1 aliphatic carbocycles. The minimum Gasteiger partial charge on any atom is -0.345 e. The molecule has 1 aromatic heterocycles. The third kappa shape index (κ3) is 2.22. The van der Waals surface area contributed by atoms with Crippen molar-refractivity contribution in [3.63, 3.8) is 0 Å². The molecule has 0 radical (unpaired) electrons. The molecule has 0 spiro atoms. The van der Waals surface area contributed by atoms with Crippen LogP contribution in [0.1, 0.15) is 51.8 Å². The van der Waals surface area contributed by atoms with Crippen molar-refractivity contribution in [2.24, 2.45) is 0 Å². The van der Waals surface area contributed by atoms with Gasteiger partial charge in [0.1, 0.15) is 0 Å². The highest BCUT2D eigenvalue weighted by Crippen LogP contribution is 2.29. The maximum absolute atomic E-state index is 12.5. The summed E-state index contributed by atoms with van der Waals surface area (Å²) in [7, 11) is 0. The van der Waals surface area contributed by atoms with Crippen molar-refractivity contribution in [1.29, 1.82) is 0 Å². The number of aromatic nitrogens is 2. The lowest BCUT2D eigenvalue weighted by molar-refractivity contribution is 0.0931. The van der Waals surface area contributed by atoms with Crippen molar-refractivity contribution in [2.75, 3.05) is 0 Å². The van der Waals surface area contributed by atoms with E-state index in [-0.39, 0.29) is 11.9 Å². The normalized spacial score (nSPS) is 17.6. The molecule has 0 saturated heterocycles. The molecule has 20 heavy (non-hydrogen) atoms. The molecule has 104 valence electrons. The molecular weight excluding hydrogens is 250 g/mol. The van der Waals surface area contributed by atoms with Gasteiger partial charge in [0.25, 0.3) is 5.91 Å². The van der Waals surface area contributed by atoms with Crippen molar-refractivity contribution in [3.8, 4) is 0 Å². The molecule has 2 N–H and O–H groups in total. The number of H-pyrrole nitrogens is 1. The number of aryl methyl sites for hydroxylation is 3. The fourth-order valence-corrected chi connectivity index (χ4v) is 3.02. The van der Waals surface area contributed by atoms with E-state index in [0.717, 1.165) is 30.7 Å². The van der Waals surface area contributed by atoms with Gasteiger partial charge >= 0.3 is 0 Å². The Balaban J connectivity index is 1.84. The highest BCUT2D eigenvalue weighted by atomic mass is 16.1. The third-order valence-corrected chi connectivity index (χ3v) is 4.03. The Morgan fingerprint density at radius 2 is 2.15 bits per heavy atom. The fraction of sp³-hybridized carbons (Fsp3) is 0.375. The van der Waals surface area contributed by atoms with E-state index in [4.69, 9.17) is 0 Å². The van der Waals surface area contributed by atoms with Gasteiger partial charge in [0, 0.05) is 5.69 Å². The number of nitrogens with one attached hydrogen (secondary N) is 2. The summed E-state index contributed by atoms with van der Waals surface area (Å²) in [5.41, 5.74) is 4.86. The Bertz CT molecular complexity index is 625. The van der Waals surface area contributed by atoms with E-state index in [1.54, 1.807) is 0 Å². The number of hydrogen-bond donors (Lipinski definition) is 2. The van der Waals surface area contributed by atoms with E-state index in [1.807, 2.05) is 19.9 Å². The largest absolute Gasteiger partial charge is 0.345 e. The Kier molecular flexibility index (Phi) is 3.30. The van der Waals surface area contributed by atoms with Gasteiger partial charge < -0.3 is 5.32 Å². The second-order valence-electron chi connectivity index (χ2n) is 5.43. The average molecular weight is 269 g/mol. The van der Waals surface area contributed by atoms with Gasteiger partial charge in [-0.25, -0.2) is 0 Å². The number of amides is 1. The summed E-state index contributed by atoms with van der Waals surface area (Å²) >= 11 is 0. The first-order chi connectivity index (χ1) is 9.66. The first-order valence-electron chi connectivity index (χ1n) is 7.07. The fourth-order valence-electron chi connectivity index (χ4n) is 3.02. The summed E-state index contributed by atoms with van der Waals surface area (Å²) in [6.45, 7) is 3.73. The zero-order valence-electron chi connectivity index (χ0n) is 11.9. The molecule has 3 rings (SSSR count). The number of rotatable bonds is 2. The molecule has 1 amide bonds. The predicted molar refractivity (Wildman–Crippen MR) is 77.6 cm³/mol. The van der Waals surface area contributed by atoms with Gasteiger partial charge in [-0.05, 0) is 44.2 Å². The third-order valence-electron chi connectivity index (χ3n) is 4.03. The second kappa shape index (κ2) is 5.12. The van der Waals surface area contributed by atoms with E-state index in [1.165, 1.54) is 11.1 Å². The van der Waals surface area contributed by atoms with Gasteiger partial charge in [0.05, 0.1) is 17.3 Å². The Labute approximate surface area is 118 Å². The smallest absolute Gasteiger partial charge is 0.255 e. The minimum absolute atomic E-state index is 0.0320. The number of carbonyl (C=O) groups excluding carboxylic acids is 1. The highest BCUT2D eigenvalue weighted by Gasteiger charge is 2.23. The average Bonchev–Trinajstić information content (AvgIpc) is 2.78. The Morgan fingerprint density at radius 1 is 1.35 bits per heavy atom. The lowest BCUT2D eigenvalue weighted by Gasteiger charge is -2.26. The van der Waals surface area contributed by atoms with Crippen LogP contribution in [0.25, 0.3) is 0 Å². The number of fused-ring (bicyclic) bond motifs is 1. The molecular formula is C16H19N3O. The van der Waals surface area contributed by atoms with Crippen LogP contribution in [0.3, 0.4) is 0 Å². The molecule has 0 aliphatic heterocycles. The predicted octanol–water partition coefficient (Wildman–Crippen LogP) is 2.83. The van der Waals surface area contributed by atoms with Gasteiger partial charge in [-0.1, -0.05) is 24.3 Å². The summed E-state index contributed by atoms with van der Waals surface area (Å²) in [5, 5.41) is 10.1. The molecule has 0 unspecified atom stereocenters. The van der Waals surface area contributed by atoms with Crippen molar-refractivity contribution in [2.45, 2.75) is 39.2 Å². The zero-order chi connectivity index (χ0) is 14.1. The Hall–Kier alpha value is -2.10. The number of hydrogen-bond acceptors (Lipinski definition) is 2. The van der Waals surface area contributed by atoms with E-state index < -0.39 is 0 Å². The van der Waals surface area contributed by atoms with E-state index in [0.29, 0.717) is 5.56 Å². The summed E-state index contributed by atoms with van der Waals surface area (Å²) in [5.74, 6) is -0.0320. The van der Waals surface area contributed by atoms with Gasteiger partial charge in [0.15, 0.2) is 0 Å². The van der Waals surface area contributed by atoms with Gasteiger partial charge in [-0.2, -0.15) is 5.10 Å². The van der Waals surface area contributed by atoms with Crippen LogP contribution in [0.2, 0.25) is 0 Å². The maximum atomic E-state index is 12.5. The lowest BCUT2D eigenvalue weighted by Crippen LogP contribution is -2.31. The van der Waals surface area contributed by atoms with Crippen LogP contribution < -0.4 is 5.32 Å². The monoisotopic (exact) mass is 269 g/mol. The SMILES string of the molecule is Cc1n[nH]c(C)c1C(=O)N[C@@H]1CCCc2ccccc21. The topological polar surface area (TPSA) is 57.8 Å². The number of carbonyl (C=O) groups is 1. The summed E-state index contributed by atoms with van der Waals surface area (Å²) in [6.07, 6.45) is 3.22. The first-order valence-corrected chi connectivity index (χ1v) is 7.07. The van der Waals surface area contributed by atoms with Crippen LogP contribution >= 0.6 is 0 Å². The number of benzene rings is 1. The molecule has 0 bridgehead atoms. The van der Waals surface area contributed by atoms with Crippen LogP contribution in [-0.4, -0.2) is 16.1 Å². The second-order valence-corrected chi connectivity index (χ2v) is 5.43. The molecule has 0 fully saturated rings. The molecule has 0 saturated carbocycles. The number of nitrogens with zero attached hydrogens (tertiary/aromatic N) is 1. The highest BCUT2D eigenvalue weighted by molar-refractivity contribution is 5.96. The maximum Gasteiger partial charge on any atom is 0.255 e. The molecule has 4 nitrogen and oxygen atoms in total. The molecule has 2 aromatic rings. The van der Waals surface area contributed by atoms with Crippen molar-refractivity contribution < 1.29 is 4.79 Å². The van der Waals surface area contributed by atoms with E-state index in [2.05, 4.69) is 33.7 Å². The zero-order valence-corrected chi connectivity index (χ0v) is 11.9. The summed E-state index contributed by atoms with van der Waals surface area (Å²) < 4.78 is 0. The van der Waals surface area contributed by atoms with Crippen LogP contribution in [0, 0.1) is 13.8 Å². The van der Waals surface area contributed by atoms with Crippen molar-refractivity contribution in [1.82, 2.24) is 15.5 Å². The van der Waals surface area contributed by atoms with E-state index in [9.17, 15) is 4.79 Å². The van der Waals surface area contributed by atoms with Crippen LogP contribution in [0.5, 0.6) is 0 Å².